The van der Waals surface area contributed by atoms with Crippen LogP contribution in [0.2, 0.25) is 10.0 Å². The highest BCUT2D eigenvalue weighted by atomic mass is 35.5. The number of hydrogen-bond donors (Lipinski definition) is 3. The van der Waals surface area contributed by atoms with Crippen LogP contribution in [0.15, 0.2) is 41.2 Å². The van der Waals surface area contributed by atoms with Gasteiger partial charge in [-0.05, 0) is 29.8 Å². The maximum Gasteiger partial charge on any atom is 0.323 e. The molecule has 3 rings (SSSR count). The van der Waals surface area contributed by atoms with Crippen molar-refractivity contribution < 1.29 is 4.79 Å². The first-order valence-electron chi connectivity index (χ1n) is 6.48. The number of aromatic amines is 2. The Morgan fingerprint density at radius 1 is 1.05 bits per heavy atom. The molecule has 0 saturated carbocycles. The Bertz CT molecular complexity index is 894. The predicted molar refractivity (Wildman–Crippen MR) is 87.7 cm³/mol. The van der Waals surface area contributed by atoms with Crippen LogP contribution in [-0.4, -0.2) is 15.9 Å². The van der Waals surface area contributed by atoms with Crippen LogP contribution in [0.1, 0.15) is 5.56 Å². The van der Waals surface area contributed by atoms with Crippen LogP contribution in [0.25, 0.3) is 11.0 Å². The number of para-hydroxylation sites is 1. The number of aromatic nitrogens is 2. The van der Waals surface area contributed by atoms with Gasteiger partial charge in [-0.2, -0.15) is 0 Å². The molecule has 0 bridgehead atoms. The summed E-state index contributed by atoms with van der Waals surface area (Å²) >= 11 is 12.0. The lowest BCUT2D eigenvalue weighted by Gasteiger charge is -2.09. The molecule has 3 N–H and O–H groups in total. The number of amides is 1. The molecule has 1 amide bonds. The van der Waals surface area contributed by atoms with Crippen LogP contribution in [0.4, 0.5) is 5.69 Å². The van der Waals surface area contributed by atoms with Crippen molar-refractivity contribution in [3.63, 3.8) is 0 Å². The summed E-state index contributed by atoms with van der Waals surface area (Å²) < 4.78 is 0. The van der Waals surface area contributed by atoms with E-state index in [9.17, 15) is 9.59 Å². The third kappa shape index (κ3) is 3.00. The fourth-order valence-corrected chi connectivity index (χ4v) is 2.67. The van der Waals surface area contributed by atoms with Crippen LogP contribution in [-0.2, 0) is 11.2 Å². The number of anilines is 1. The second kappa shape index (κ2) is 5.87. The van der Waals surface area contributed by atoms with E-state index in [0.717, 1.165) is 5.56 Å². The molecule has 0 radical (unpaired) electrons. The van der Waals surface area contributed by atoms with Crippen molar-refractivity contribution in [2.24, 2.45) is 0 Å². The lowest BCUT2D eigenvalue weighted by Crippen LogP contribution is -2.15. The van der Waals surface area contributed by atoms with Crippen LogP contribution >= 0.6 is 23.2 Å². The third-order valence-electron chi connectivity index (χ3n) is 3.17. The van der Waals surface area contributed by atoms with Crippen LogP contribution in [0, 0.1) is 0 Å². The highest BCUT2D eigenvalue weighted by Crippen LogP contribution is 2.29. The summed E-state index contributed by atoms with van der Waals surface area (Å²) in [6.45, 7) is 0. The van der Waals surface area contributed by atoms with E-state index in [1.165, 1.54) is 0 Å². The monoisotopic (exact) mass is 335 g/mol. The van der Waals surface area contributed by atoms with E-state index >= 15 is 0 Å². The molecule has 1 heterocycles. The van der Waals surface area contributed by atoms with Crippen LogP contribution < -0.4 is 11.0 Å². The Balaban J connectivity index is 1.79. The van der Waals surface area contributed by atoms with Crippen molar-refractivity contribution in [2.45, 2.75) is 6.42 Å². The molecule has 0 unspecified atom stereocenters. The average molecular weight is 336 g/mol. The summed E-state index contributed by atoms with van der Waals surface area (Å²) in [5.41, 5.74) is 2.24. The topological polar surface area (TPSA) is 77.8 Å². The average Bonchev–Trinajstić information content (AvgIpc) is 2.82. The number of imidazole rings is 1. The van der Waals surface area contributed by atoms with E-state index in [2.05, 4.69) is 15.3 Å². The van der Waals surface area contributed by atoms with Gasteiger partial charge in [-0.25, -0.2) is 4.79 Å². The SMILES string of the molecule is O=C(Cc1ccc2[nH]c(=O)[nH]c2c1)Nc1c(Cl)cccc1Cl. The van der Waals surface area contributed by atoms with Gasteiger partial charge in [0.25, 0.3) is 0 Å². The number of halogens is 2. The van der Waals surface area contributed by atoms with E-state index in [-0.39, 0.29) is 18.0 Å². The summed E-state index contributed by atoms with van der Waals surface area (Å²) in [5, 5.41) is 3.46. The number of nitrogens with one attached hydrogen (secondary N) is 3. The summed E-state index contributed by atoms with van der Waals surface area (Å²) in [7, 11) is 0. The predicted octanol–water partition coefficient (Wildman–Crippen LogP) is 3.34. The number of carbonyl (C=O) groups is 1. The molecule has 0 saturated heterocycles. The van der Waals surface area contributed by atoms with Gasteiger partial charge in [0.1, 0.15) is 0 Å². The molecule has 0 aliphatic rings. The smallest absolute Gasteiger partial charge is 0.323 e. The van der Waals surface area contributed by atoms with Gasteiger partial charge < -0.3 is 15.3 Å². The molecule has 0 atom stereocenters. The lowest BCUT2D eigenvalue weighted by atomic mass is 10.1. The Labute approximate surface area is 135 Å². The molecular weight excluding hydrogens is 325 g/mol. The maximum atomic E-state index is 12.1. The van der Waals surface area contributed by atoms with Crippen molar-refractivity contribution in [1.29, 1.82) is 0 Å². The van der Waals surface area contributed by atoms with Gasteiger partial charge in [-0.3, -0.25) is 4.79 Å². The third-order valence-corrected chi connectivity index (χ3v) is 3.80. The largest absolute Gasteiger partial charge is 0.323 e. The molecule has 0 aliphatic heterocycles. The van der Waals surface area contributed by atoms with E-state index in [1.54, 1.807) is 36.4 Å². The normalized spacial score (nSPS) is 10.8. The Kier molecular flexibility index (Phi) is 3.92. The summed E-state index contributed by atoms with van der Waals surface area (Å²) in [6.07, 6.45) is 0.144. The molecular formula is C15H11Cl2N3O2. The number of hydrogen-bond acceptors (Lipinski definition) is 2. The molecule has 5 nitrogen and oxygen atoms in total. The maximum absolute atomic E-state index is 12.1. The van der Waals surface area contributed by atoms with Crippen LogP contribution in [0.5, 0.6) is 0 Å². The first-order chi connectivity index (χ1) is 10.5. The lowest BCUT2D eigenvalue weighted by molar-refractivity contribution is -0.115. The number of H-pyrrole nitrogens is 2. The fraction of sp³-hybridized carbons (Fsp3) is 0.0667. The van der Waals surface area contributed by atoms with Gasteiger partial charge in [0, 0.05) is 0 Å². The Hall–Kier alpha value is -2.24. The number of fused-ring (bicyclic) bond motifs is 1. The van der Waals surface area contributed by atoms with E-state index in [1.807, 2.05) is 0 Å². The molecule has 22 heavy (non-hydrogen) atoms. The Morgan fingerprint density at radius 3 is 2.45 bits per heavy atom. The minimum atomic E-state index is -0.278. The van der Waals surface area contributed by atoms with E-state index < -0.39 is 0 Å². The molecule has 1 aromatic heterocycles. The van der Waals surface area contributed by atoms with Crippen molar-refractivity contribution in [1.82, 2.24) is 9.97 Å². The fourth-order valence-electron chi connectivity index (χ4n) is 2.18. The highest BCUT2D eigenvalue weighted by molar-refractivity contribution is 6.39. The van der Waals surface area contributed by atoms with Crippen molar-refractivity contribution in [3.8, 4) is 0 Å². The van der Waals surface area contributed by atoms with E-state index in [4.69, 9.17) is 23.2 Å². The molecule has 0 fully saturated rings. The first-order valence-corrected chi connectivity index (χ1v) is 7.23. The van der Waals surface area contributed by atoms with Crippen LogP contribution in [0.3, 0.4) is 0 Å². The van der Waals surface area contributed by atoms with Gasteiger partial charge in [0.2, 0.25) is 5.91 Å². The van der Waals surface area contributed by atoms with Gasteiger partial charge in [0.15, 0.2) is 0 Å². The molecule has 0 spiro atoms. The zero-order valence-electron chi connectivity index (χ0n) is 11.2. The molecule has 2 aromatic carbocycles. The number of carbonyl (C=O) groups excluding carboxylic acids is 1. The second-order valence-electron chi connectivity index (χ2n) is 4.78. The minimum absolute atomic E-state index is 0.144. The summed E-state index contributed by atoms with van der Waals surface area (Å²) in [5.74, 6) is -0.243. The molecule has 112 valence electrons. The van der Waals surface area contributed by atoms with Gasteiger partial charge in [0.05, 0.1) is 33.2 Å². The van der Waals surface area contributed by atoms with Crippen molar-refractivity contribution >= 4 is 45.8 Å². The number of rotatable bonds is 3. The van der Waals surface area contributed by atoms with Crippen molar-refractivity contribution in [3.05, 3.63) is 62.5 Å². The van der Waals surface area contributed by atoms with Gasteiger partial charge >= 0.3 is 5.69 Å². The van der Waals surface area contributed by atoms with E-state index in [0.29, 0.717) is 26.8 Å². The molecule has 0 aliphatic carbocycles. The quantitative estimate of drug-likeness (QED) is 0.686. The first kappa shape index (κ1) is 14.7. The van der Waals surface area contributed by atoms with Gasteiger partial charge in [-0.1, -0.05) is 35.3 Å². The minimum Gasteiger partial charge on any atom is -0.323 e. The Morgan fingerprint density at radius 2 is 1.73 bits per heavy atom. The summed E-state index contributed by atoms with van der Waals surface area (Å²) in [6, 6.07) is 10.3. The second-order valence-corrected chi connectivity index (χ2v) is 5.60. The number of benzene rings is 2. The van der Waals surface area contributed by atoms with Crippen molar-refractivity contribution in [2.75, 3.05) is 5.32 Å². The molecule has 3 aromatic rings. The standard InChI is InChI=1S/C15H11Cl2N3O2/c16-9-2-1-3-10(17)14(9)20-13(21)7-8-4-5-11-12(6-8)19-15(22)18-11/h1-6H,7H2,(H,20,21)(H2,18,19,22). The highest BCUT2D eigenvalue weighted by Gasteiger charge is 2.11. The summed E-state index contributed by atoms with van der Waals surface area (Å²) in [4.78, 5) is 28.6. The molecule has 7 heteroatoms. The van der Waals surface area contributed by atoms with Gasteiger partial charge in [-0.15, -0.1) is 0 Å². The zero-order valence-corrected chi connectivity index (χ0v) is 12.8. The zero-order chi connectivity index (χ0) is 15.7.